The topological polar surface area (TPSA) is 53.0 Å². The van der Waals surface area contributed by atoms with Crippen molar-refractivity contribution in [2.24, 2.45) is 4.99 Å². The van der Waals surface area contributed by atoms with Crippen LogP contribution in [0.3, 0.4) is 0 Å². The molecule has 0 saturated carbocycles. The Morgan fingerprint density at radius 1 is 1.25 bits per heavy atom. The number of amidine groups is 1. The van der Waals surface area contributed by atoms with Crippen LogP contribution in [0.5, 0.6) is 0 Å². The molecule has 2 aromatic rings. The van der Waals surface area contributed by atoms with Gasteiger partial charge in [-0.05, 0) is 55.5 Å². The van der Waals surface area contributed by atoms with Gasteiger partial charge in [0.25, 0.3) is 11.8 Å². The Balaban J connectivity index is 1.65. The number of carbonyl (C=O) groups excluding carboxylic acids is 2. The van der Waals surface area contributed by atoms with Crippen LogP contribution in [0.2, 0.25) is 5.02 Å². The van der Waals surface area contributed by atoms with Crippen LogP contribution >= 0.6 is 34.7 Å². The third-order valence-electron chi connectivity index (χ3n) is 4.81. The quantitative estimate of drug-likeness (QED) is 0.714. The molecule has 1 fully saturated rings. The van der Waals surface area contributed by atoms with Gasteiger partial charge in [-0.3, -0.25) is 19.5 Å². The van der Waals surface area contributed by atoms with Gasteiger partial charge in [-0.1, -0.05) is 29.4 Å². The van der Waals surface area contributed by atoms with E-state index >= 15 is 0 Å². The van der Waals surface area contributed by atoms with E-state index < -0.39 is 6.04 Å². The molecule has 0 unspecified atom stereocenters. The van der Waals surface area contributed by atoms with Gasteiger partial charge in [0.1, 0.15) is 6.04 Å². The molecule has 146 valence electrons. The molecular weight excluding hydrogens is 414 g/mol. The molecule has 0 aliphatic carbocycles. The van der Waals surface area contributed by atoms with Gasteiger partial charge >= 0.3 is 0 Å². The molecule has 2 aliphatic heterocycles. The summed E-state index contributed by atoms with van der Waals surface area (Å²) in [5.41, 5.74) is 0.727. The van der Waals surface area contributed by atoms with Crippen LogP contribution in [0.15, 0.2) is 46.8 Å². The summed E-state index contributed by atoms with van der Waals surface area (Å²) in [7, 11) is 0. The van der Waals surface area contributed by atoms with Crippen LogP contribution in [-0.4, -0.2) is 46.3 Å². The van der Waals surface area contributed by atoms with E-state index in [1.165, 1.54) is 11.3 Å². The number of nitrogens with zero attached hydrogens (tertiary/aromatic N) is 3. The smallest absolute Gasteiger partial charge is 0.264 e. The van der Waals surface area contributed by atoms with Gasteiger partial charge in [0, 0.05) is 17.3 Å². The number of hydrogen-bond donors (Lipinski definition) is 0. The van der Waals surface area contributed by atoms with Crippen LogP contribution in [0.4, 0.5) is 5.69 Å². The van der Waals surface area contributed by atoms with Gasteiger partial charge < -0.3 is 4.90 Å². The van der Waals surface area contributed by atoms with Gasteiger partial charge in [-0.25, -0.2) is 0 Å². The lowest BCUT2D eigenvalue weighted by atomic mass is 10.1. The zero-order chi connectivity index (χ0) is 19.7. The standard InChI is InChI=1S/C20H20ClN3O2S2/c1-13-12-28-20(22-13)24(15-8-6-14(21)7-9-15)18(25)16-4-2-10-23(16)19(26)17-5-3-11-27-17/h3,5-9,11,13,16H,2,4,10,12H2,1H3/t13-,16-/m1/s1. The molecule has 0 radical (unpaired) electrons. The van der Waals surface area contributed by atoms with Crippen molar-refractivity contribution >= 4 is 57.4 Å². The lowest BCUT2D eigenvalue weighted by Crippen LogP contribution is -2.49. The average Bonchev–Trinajstić information content (AvgIpc) is 3.44. The molecule has 3 heterocycles. The number of benzene rings is 1. The minimum Gasteiger partial charge on any atom is -0.326 e. The molecule has 1 aromatic carbocycles. The molecular formula is C20H20ClN3O2S2. The summed E-state index contributed by atoms with van der Waals surface area (Å²) >= 11 is 9.01. The summed E-state index contributed by atoms with van der Waals surface area (Å²) < 4.78 is 0. The first-order valence-electron chi connectivity index (χ1n) is 9.19. The van der Waals surface area contributed by atoms with Crippen molar-refractivity contribution < 1.29 is 9.59 Å². The molecule has 4 rings (SSSR count). The number of aliphatic imine (C=N–C) groups is 1. The second kappa shape index (κ2) is 8.27. The summed E-state index contributed by atoms with van der Waals surface area (Å²) in [6, 6.07) is 10.5. The Morgan fingerprint density at radius 3 is 2.68 bits per heavy atom. The second-order valence-corrected chi connectivity index (χ2v) is 9.23. The molecule has 0 bridgehead atoms. The number of carbonyl (C=O) groups is 2. The summed E-state index contributed by atoms with van der Waals surface area (Å²) in [5.74, 6) is 0.663. The molecule has 2 atom stereocenters. The normalized spacial score (nSPS) is 21.6. The second-order valence-electron chi connectivity index (χ2n) is 6.86. The van der Waals surface area contributed by atoms with Crippen LogP contribution < -0.4 is 4.90 Å². The van der Waals surface area contributed by atoms with Crippen molar-refractivity contribution in [3.05, 3.63) is 51.7 Å². The van der Waals surface area contributed by atoms with Gasteiger partial charge in [0.15, 0.2) is 5.17 Å². The summed E-state index contributed by atoms with van der Waals surface area (Å²) in [6.07, 6.45) is 1.48. The highest BCUT2D eigenvalue weighted by Gasteiger charge is 2.40. The number of amides is 2. The molecule has 2 aliphatic rings. The molecule has 28 heavy (non-hydrogen) atoms. The fourth-order valence-electron chi connectivity index (χ4n) is 3.46. The minimum absolute atomic E-state index is 0.0729. The van der Waals surface area contributed by atoms with E-state index in [-0.39, 0.29) is 17.9 Å². The Hall–Kier alpha value is -1.83. The zero-order valence-electron chi connectivity index (χ0n) is 15.4. The largest absolute Gasteiger partial charge is 0.326 e. The van der Waals surface area contributed by atoms with Crippen LogP contribution in [0.25, 0.3) is 0 Å². The maximum atomic E-state index is 13.6. The van der Waals surface area contributed by atoms with Crippen molar-refractivity contribution in [2.45, 2.75) is 31.8 Å². The van der Waals surface area contributed by atoms with Gasteiger partial charge in [-0.2, -0.15) is 0 Å². The van der Waals surface area contributed by atoms with E-state index in [4.69, 9.17) is 11.6 Å². The lowest BCUT2D eigenvalue weighted by molar-refractivity contribution is -0.121. The van der Waals surface area contributed by atoms with E-state index in [0.29, 0.717) is 28.0 Å². The van der Waals surface area contributed by atoms with Gasteiger partial charge in [0.2, 0.25) is 0 Å². The lowest BCUT2D eigenvalue weighted by Gasteiger charge is -2.30. The van der Waals surface area contributed by atoms with Gasteiger partial charge in [0.05, 0.1) is 16.6 Å². The Morgan fingerprint density at radius 2 is 2.04 bits per heavy atom. The maximum absolute atomic E-state index is 13.6. The Kier molecular flexibility index (Phi) is 5.75. The Bertz CT molecular complexity index is 899. The van der Waals surface area contributed by atoms with E-state index in [9.17, 15) is 9.59 Å². The van der Waals surface area contributed by atoms with Crippen molar-refractivity contribution in [1.82, 2.24) is 4.90 Å². The van der Waals surface area contributed by atoms with Gasteiger partial charge in [-0.15, -0.1) is 11.3 Å². The zero-order valence-corrected chi connectivity index (χ0v) is 17.8. The number of anilines is 1. The van der Waals surface area contributed by atoms with Crippen LogP contribution in [0, 0.1) is 0 Å². The molecule has 0 spiro atoms. The fraction of sp³-hybridized carbons (Fsp3) is 0.350. The number of rotatable bonds is 3. The predicted octanol–water partition coefficient (Wildman–Crippen LogP) is 4.53. The molecule has 5 nitrogen and oxygen atoms in total. The van der Waals surface area contributed by atoms with Crippen molar-refractivity contribution in [3.63, 3.8) is 0 Å². The minimum atomic E-state index is -0.482. The monoisotopic (exact) mass is 433 g/mol. The number of thioether (sulfide) groups is 1. The molecule has 0 N–H and O–H groups in total. The number of hydrogen-bond acceptors (Lipinski definition) is 5. The number of thiophene rings is 1. The maximum Gasteiger partial charge on any atom is 0.264 e. The Labute approximate surface area is 177 Å². The van der Waals surface area contributed by atoms with Crippen molar-refractivity contribution in [1.29, 1.82) is 0 Å². The van der Waals surface area contributed by atoms with Crippen LogP contribution in [-0.2, 0) is 4.79 Å². The van der Waals surface area contributed by atoms with Crippen LogP contribution in [0.1, 0.15) is 29.4 Å². The summed E-state index contributed by atoms with van der Waals surface area (Å²) in [4.78, 5) is 35.2. The first-order chi connectivity index (χ1) is 13.5. The highest BCUT2D eigenvalue weighted by molar-refractivity contribution is 8.14. The summed E-state index contributed by atoms with van der Waals surface area (Å²) in [6.45, 7) is 2.63. The van der Waals surface area contributed by atoms with E-state index in [1.807, 2.05) is 36.6 Å². The molecule has 2 amide bonds. The number of halogens is 1. The summed E-state index contributed by atoms with van der Waals surface area (Å²) in [5, 5.41) is 3.18. The first-order valence-corrected chi connectivity index (χ1v) is 11.4. The van der Waals surface area contributed by atoms with E-state index in [0.717, 1.165) is 17.9 Å². The fourth-order valence-corrected chi connectivity index (χ4v) is 5.31. The van der Waals surface area contributed by atoms with E-state index in [1.54, 1.807) is 33.7 Å². The molecule has 1 saturated heterocycles. The van der Waals surface area contributed by atoms with E-state index in [2.05, 4.69) is 4.99 Å². The van der Waals surface area contributed by atoms with Crippen molar-refractivity contribution in [2.75, 3.05) is 17.2 Å². The van der Waals surface area contributed by atoms with Crippen molar-refractivity contribution in [3.8, 4) is 0 Å². The molecule has 1 aromatic heterocycles. The first kappa shape index (κ1) is 19.5. The third kappa shape index (κ3) is 3.83. The third-order valence-corrected chi connectivity index (χ3v) is 7.12. The predicted molar refractivity (Wildman–Crippen MR) is 117 cm³/mol. The molecule has 8 heteroatoms. The SMILES string of the molecule is C[C@@H]1CSC(N(C(=O)[C@H]2CCCN2C(=O)c2cccs2)c2ccc(Cl)cc2)=N1. The highest BCUT2D eigenvalue weighted by Crippen LogP contribution is 2.31. The highest BCUT2D eigenvalue weighted by atomic mass is 35.5. The average molecular weight is 434 g/mol. The number of likely N-dealkylation sites (tertiary alicyclic amines) is 1.